The largest absolute Gasteiger partial charge is 0.276 e. The van der Waals surface area contributed by atoms with Gasteiger partial charge >= 0.3 is 0 Å². The number of hydrogen-bond donors (Lipinski definition) is 0. The predicted molar refractivity (Wildman–Crippen MR) is 58.3 cm³/mol. The molecule has 0 saturated carbocycles. The van der Waals surface area contributed by atoms with Gasteiger partial charge in [0.15, 0.2) is 0 Å². The first-order valence-electron chi connectivity index (χ1n) is 3.28. The molecule has 0 fully saturated rings. The van der Waals surface area contributed by atoms with E-state index in [1.165, 1.54) is 0 Å². The third kappa shape index (κ3) is 2.54. The summed E-state index contributed by atoms with van der Waals surface area (Å²) in [6.45, 7) is 4.04. The van der Waals surface area contributed by atoms with Crippen molar-refractivity contribution in [2.45, 2.75) is 19.5 Å². The molecule has 0 bridgehead atoms. The SMILES string of the molecule is CC(C)P(Cl)(=C(Cl)Cl)N(C)C. The van der Waals surface area contributed by atoms with Gasteiger partial charge in [0, 0.05) is 5.66 Å². The topological polar surface area (TPSA) is 3.24 Å². The van der Waals surface area contributed by atoms with Crippen molar-refractivity contribution < 1.29 is 0 Å². The van der Waals surface area contributed by atoms with Gasteiger partial charge in [-0.2, -0.15) is 0 Å². The van der Waals surface area contributed by atoms with Crippen molar-refractivity contribution in [2.24, 2.45) is 0 Å². The third-order valence-electron chi connectivity index (χ3n) is 1.50. The van der Waals surface area contributed by atoms with Gasteiger partial charge in [-0.3, -0.25) is 4.67 Å². The minimum atomic E-state index is -1.93. The molecule has 1 atom stereocenters. The Labute approximate surface area is 83.4 Å². The van der Waals surface area contributed by atoms with Crippen molar-refractivity contribution in [3.8, 4) is 0 Å². The molecular formula is C6H13Cl3NP. The maximum absolute atomic E-state index is 6.28. The zero-order valence-electron chi connectivity index (χ0n) is 7.11. The fourth-order valence-electron chi connectivity index (χ4n) is 0.808. The second-order valence-electron chi connectivity index (χ2n) is 2.78. The van der Waals surface area contributed by atoms with Crippen LogP contribution < -0.4 is 0 Å². The van der Waals surface area contributed by atoms with E-state index in [1.807, 2.05) is 32.6 Å². The number of halogens is 3. The van der Waals surface area contributed by atoms with Crippen LogP contribution in [0.15, 0.2) is 0 Å². The number of hydrogen-bond acceptors (Lipinski definition) is 1. The molecule has 0 radical (unpaired) electrons. The summed E-state index contributed by atoms with van der Waals surface area (Å²) in [6, 6.07) is 0. The van der Waals surface area contributed by atoms with Gasteiger partial charge < -0.3 is 0 Å². The normalized spacial score (nSPS) is 17.2. The molecule has 11 heavy (non-hydrogen) atoms. The third-order valence-corrected chi connectivity index (χ3v) is 9.16. The van der Waals surface area contributed by atoms with Gasteiger partial charge in [-0.15, -0.1) is 0 Å². The standard InChI is InChI=1S/C6H13Cl3NP/c1-5(2)11(9,6(7)8)10(3)4/h5H,1-4H3. The first kappa shape index (κ1) is 12.1. The first-order chi connectivity index (χ1) is 4.83. The Balaban J connectivity index is 5.02. The Morgan fingerprint density at radius 2 is 1.64 bits per heavy atom. The van der Waals surface area contributed by atoms with Crippen molar-refractivity contribution in [3.63, 3.8) is 0 Å². The van der Waals surface area contributed by atoms with Crippen LogP contribution in [0.3, 0.4) is 0 Å². The highest BCUT2D eigenvalue weighted by Gasteiger charge is 2.25. The van der Waals surface area contributed by atoms with E-state index in [9.17, 15) is 0 Å². The van der Waals surface area contributed by atoms with E-state index >= 15 is 0 Å². The highest BCUT2D eigenvalue weighted by atomic mass is 35.7. The summed E-state index contributed by atoms with van der Waals surface area (Å²) in [5, 5.41) is 0. The van der Waals surface area contributed by atoms with Crippen LogP contribution in [0, 0.1) is 0 Å². The molecule has 0 aromatic heterocycles. The summed E-state index contributed by atoms with van der Waals surface area (Å²) in [5.74, 6) is 0. The maximum atomic E-state index is 6.28. The van der Waals surface area contributed by atoms with Crippen LogP contribution in [0.5, 0.6) is 0 Å². The molecular weight excluding hydrogens is 223 g/mol. The second kappa shape index (κ2) is 4.39. The van der Waals surface area contributed by atoms with Gasteiger partial charge in [0.25, 0.3) is 0 Å². The van der Waals surface area contributed by atoms with Crippen LogP contribution in [-0.2, 0) is 0 Å². The van der Waals surface area contributed by atoms with Crippen molar-refractivity contribution in [1.82, 2.24) is 4.67 Å². The van der Waals surface area contributed by atoms with E-state index in [1.54, 1.807) is 0 Å². The molecule has 0 aromatic carbocycles. The van der Waals surface area contributed by atoms with Crippen molar-refractivity contribution >= 4 is 45.0 Å². The lowest BCUT2D eigenvalue weighted by molar-refractivity contribution is 0.674. The van der Waals surface area contributed by atoms with Crippen LogP contribution in [-0.4, -0.2) is 28.6 Å². The van der Waals surface area contributed by atoms with Crippen LogP contribution in [0.1, 0.15) is 13.8 Å². The predicted octanol–water partition coefficient (Wildman–Crippen LogP) is 3.61. The summed E-state index contributed by atoms with van der Waals surface area (Å²) >= 11 is 17.7. The molecule has 1 unspecified atom stereocenters. The summed E-state index contributed by atoms with van der Waals surface area (Å²) in [7, 11) is 3.79. The molecule has 0 rings (SSSR count). The van der Waals surface area contributed by atoms with Crippen molar-refractivity contribution in [1.29, 1.82) is 0 Å². The molecule has 0 N–H and O–H groups in total. The Hall–Kier alpha value is 1.13. The number of nitrogens with zero attached hydrogens (tertiary/aromatic N) is 1. The molecule has 0 amide bonds. The van der Waals surface area contributed by atoms with E-state index < -0.39 is 6.39 Å². The Bertz CT molecular complexity index is 172. The Morgan fingerprint density at radius 1 is 1.27 bits per heavy atom. The van der Waals surface area contributed by atoms with Crippen LogP contribution in [0.25, 0.3) is 0 Å². The van der Waals surface area contributed by atoms with Crippen molar-refractivity contribution in [2.75, 3.05) is 14.1 Å². The van der Waals surface area contributed by atoms with Crippen LogP contribution in [0.2, 0.25) is 0 Å². The maximum Gasteiger partial charge on any atom is 0.131 e. The highest BCUT2D eigenvalue weighted by Crippen LogP contribution is 2.61. The molecule has 5 heteroatoms. The first-order valence-corrected chi connectivity index (χ1v) is 6.75. The van der Waals surface area contributed by atoms with E-state index in [0.717, 1.165) is 0 Å². The van der Waals surface area contributed by atoms with E-state index in [4.69, 9.17) is 34.4 Å². The van der Waals surface area contributed by atoms with E-state index in [0.29, 0.717) is 4.21 Å². The zero-order chi connectivity index (χ0) is 9.23. The van der Waals surface area contributed by atoms with Crippen LogP contribution in [0.4, 0.5) is 0 Å². The fourth-order valence-corrected chi connectivity index (χ4v) is 4.50. The fraction of sp³-hybridized carbons (Fsp3) is 0.833. The lowest BCUT2D eigenvalue weighted by atomic mass is 10.6. The van der Waals surface area contributed by atoms with Gasteiger partial charge in [0.05, 0.1) is 6.39 Å². The average Bonchev–Trinajstić information content (AvgIpc) is 1.84. The van der Waals surface area contributed by atoms with E-state index in [-0.39, 0.29) is 5.66 Å². The lowest BCUT2D eigenvalue weighted by Gasteiger charge is -2.29. The Kier molecular flexibility index (Phi) is 4.84. The minimum absolute atomic E-state index is 0.282. The van der Waals surface area contributed by atoms with Gasteiger partial charge in [0.1, 0.15) is 4.21 Å². The molecule has 68 valence electrons. The quantitative estimate of drug-likeness (QED) is 0.662. The van der Waals surface area contributed by atoms with Gasteiger partial charge in [0.2, 0.25) is 0 Å². The van der Waals surface area contributed by atoms with Gasteiger partial charge in [-0.05, 0) is 14.1 Å². The molecule has 0 saturated heterocycles. The highest BCUT2D eigenvalue weighted by molar-refractivity contribution is 8.01. The summed E-state index contributed by atoms with van der Waals surface area (Å²) in [4.78, 5) is 0. The monoisotopic (exact) mass is 235 g/mol. The summed E-state index contributed by atoms with van der Waals surface area (Å²) < 4.78 is 2.22. The molecule has 0 aromatic rings. The smallest absolute Gasteiger partial charge is 0.131 e. The van der Waals surface area contributed by atoms with Gasteiger partial charge in [-0.25, -0.2) is 0 Å². The molecule has 0 aliphatic heterocycles. The molecule has 0 heterocycles. The molecule has 1 nitrogen and oxygen atoms in total. The zero-order valence-corrected chi connectivity index (χ0v) is 10.3. The van der Waals surface area contributed by atoms with Crippen LogP contribution >= 0.6 is 40.8 Å². The molecule has 0 aliphatic carbocycles. The van der Waals surface area contributed by atoms with E-state index in [2.05, 4.69) is 0 Å². The Morgan fingerprint density at radius 3 is 1.64 bits per heavy atom. The average molecular weight is 237 g/mol. The summed E-state index contributed by atoms with van der Waals surface area (Å²) in [5.41, 5.74) is 0.282. The number of rotatable bonds is 2. The lowest BCUT2D eigenvalue weighted by Crippen LogP contribution is -2.14. The summed E-state index contributed by atoms with van der Waals surface area (Å²) in [6.07, 6.45) is -1.93. The minimum Gasteiger partial charge on any atom is -0.276 e. The second-order valence-corrected chi connectivity index (χ2v) is 9.29. The van der Waals surface area contributed by atoms with Crippen molar-refractivity contribution in [3.05, 3.63) is 0 Å². The molecule has 0 aliphatic rings. The van der Waals surface area contributed by atoms with Gasteiger partial charge in [-0.1, -0.05) is 48.3 Å². The molecule has 0 spiro atoms.